The van der Waals surface area contributed by atoms with Crippen LogP contribution in [0, 0.1) is 0 Å². The van der Waals surface area contributed by atoms with Crippen molar-refractivity contribution >= 4 is 69.5 Å². The summed E-state index contributed by atoms with van der Waals surface area (Å²) in [5.41, 5.74) is -0.145. The first-order chi connectivity index (χ1) is 9.48. The van der Waals surface area contributed by atoms with E-state index in [0.717, 1.165) is 0 Å². The molecular weight excluding hydrogens is 498 g/mol. The molecule has 1 aromatic rings. The lowest BCUT2D eigenvalue weighted by Crippen LogP contribution is -2.39. The van der Waals surface area contributed by atoms with Crippen molar-refractivity contribution in [3.8, 4) is 0 Å². The van der Waals surface area contributed by atoms with Crippen molar-refractivity contribution in [1.29, 1.82) is 0 Å². The standard InChI is InChI=1S/C11H10Br3NO5S/c1-6(10(17)18)15-9(16)7-4-2-3-5-8(7)21(19,20)11(12,13)14/h2-6H,1H3,(H,15,16)(H,17,18). The van der Waals surface area contributed by atoms with Crippen LogP contribution in [0.2, 0.25) is 0 Å². The third-order valence-electron chi connectivity index (χ3n) is 2.44. The van der Waals surface area contributed by atoms with Gasteiger partial charge in [-0.15, -0.1) is 0 Å². The third-order valence-corrected chi connectivity index (χ3v) is 7.82. The molecule has 0 spiro atoms. The first-order valence-electron chi connectivity index (χ1n) is 5.42. The molecule has 2 N–H and O–H groups in total. The van der Waals surface area contributed by atoms with Gasteiger partial charge in [0, 0.05) is 0 Å². The number of sulfone groups is 1. The summed E-state index contributed by atoms with van der Waals surface area (Å²) in [4.78, 5) is 22.6. The average molecular weight is 508 g/mol. The SMILES string of the molecule is CC(NC(=O)c1ccccc1S(=O)(=O)C(Br)(Br)Br)C(=O)O. The molecule has 1 rings (SSSR count). The molecule has 116 valence electrons. The predicted molar refractivity (Wildman–Crippen MR) is 87.7 cm³/mol. The zero-order chi connectivity index (χ0) is 16.4. The maximum Gasteiger partial charge on any atom is 0.325 e. The molecule has 0 saturated carbocycles. The summed E-state index contributed by atoms with van der Waals surface area (Å²) < 4.78 is 23.1. The van der Waals surface area contributed by atoms with Crippen LogP contribution in [0.25, 0.3) is 0 Å². The summed E-state index contributed by atoms with van der Waals surface area (Å²) in [6.45, 7) is 1.28. The van der Waals surface area contributed by atoms with Gasteiger partial charge in [-0.05, 0) is 66.8 Å². The van der Waals surface area contributed by atoms with Crippen molar-refractivity contribution in [2.24, 2.45) is 0 Å². The number of carbonyl (C=O) groups excluding carboxylic acids is 1. The summed E-state index contributed by atoms with van der Waals surface area (Å²) >= 11 is 8.74. The van der Waals surface area contributed by atoms with Gasteiger partial charge in [-0.1, -0.05) is 12.1 Å². The quantitative estimate of drug-likeness (QED) is 0.610. The number of halogens is 3. The van der Waals surface area contributed by atoms with Crippen LogP contribution >= 0.6 is 47.8 Å². The first kappa shape index (κ1) is 18.6. The van der Waals surface area contributed by atoms with Crippen LogP contribution < -0.4 is 5.32 Å². The van der Waals surface area contributed by atoms with E-state index in [1.54, 1.807) is 0 Å². The minimum absolute atomic E-state index is 0.145. The van der Waals surface area contributed by atoms with Gasteiger partial charge < -0.3 is 10.4 Å². The fourth-order valence-corrected chi connectivity index (χ4v) is 3.88. The Morgan fingerprint density at radius 3 is 2.24 bits per heavy atom. The van der Waals surface area contributed by atoms with Crippen LogP contribution in [0.1, 0.15) is 17.3 Å². The van der Waals surface area contributed by atoms with Crippen LogP contribution in [0.3, 0.4) is 0 Å². The lowest BCUT2D eigenvalue weighted by molar-refractivity contribution is -0.138. The fourth-order valence-electron chi connectivity index (χ4n) is 1.35. The maximum absolute atomic E-state index is 12.4. The molecule has 0 saturated heterocycles. The molecule has 1 atom stereocenters. The number of hydrogen-bond donors (Lipinski definition) is 2. The van der Waals surface area contributed by atoms with Gasteiger partial charge in [-0.2, -0.15) is 0 Å². The van der Waals surface area contributed by atoms with Crippen molar-refractivity contribution in [2.75, 3.05) is 0 Å². The third kappa shape index (κ3) is 4.27. The molecule has 0 bridgehead atoms. The van der Waals surface area contributed by atoms with Crippen molar-refractivity contribution in [3.63, 3.8) is 0 Å². The Balaban J connectivity index is 3.29. The van der Waals surface area contributed by atoms with Gasteiger partial charge in [0.2, 0.25) is 11.3 Å². The highest BCUT2D eigenvalue weighted by molar-refractivity contribution is 9.42. The van der Waals surface area contributed by atoms with E-state index < -0.39 is 29.2 Å². The molecule has 0 radical (unpaired) electrons. The number of aliphatic carboxylic acids is 1. The van der Waals surface area contributed by atoms with E-state index in [1.165, 1.54) is 31.2 Å². The first-order valence-corrected chi connectivity index (χ1v) is 9.28. The van der Waals surface area contributed by atoms with Crippen LogP contribution in [-0.2, 0) is 14.6 Å². The van der Waals surface area contributed by atoms with Crippen LogP contribution in [0.15, 0.2) is 29.2 Å². The van der Waals surface area contributed by atoms with E-state index in [9.17, 15) is 18.0 Å². The highest BCUT2D eigenvalue weighted by atomic mass is 80.0. The highest BCUT2D eigenvalue weighted by Crippen LogP contribution is 2.43. The lowest BCUT2D eigenvalue weighted by Gasteiger charge is -2.17. The largest absolute Gasteiger partial charge is 0.480 e. The molecule has 1 unspecified atom stereocenters. The minimum Gasteiger partial charge on any atom is -0.480 e. The van der Waals surface area contributed by atoms with Crippen molar-refractivity contribution < 1.29 is 23.1 Å². The van der Waals surface area contributed by atoms with Crippen LogP contribution in [0.5, 0.6) is 0 Å². The number of amides is 1. The highest BCUT2D eigenvalue weighted by Gasteiger charge is 2.39. The smallest absolute Gasteiger partial charge is 0.325 e. The van der Waals surface area contributed by atoms with Crippen molar-refractivity contribution in [2.45, 2.75) is 19.3 Å². The van der Waals surface area contributed by atoms with E-state index in [4.69, 9.17) is 5.11 Å². The van der Waals surface area contributed by atoms with E-state index in [1.807, 2.05) is 0 Å². The van der Waals surface area contributed by atoms with Crippen LogP contribution in [-0.4, -0.2) is 32.9 Å². The minimum atomic E-state index is -3.97. The number of nitrogens with one attached hydrogen (secondary N) is 1. The average Bonchev–Trinajstić information content (AvgIpc) is 2.37. The molecule has 0 fully saturated rings. The van der Waals surface area contributed by atoms with Gasteiger partial charge in [-0.3, -0.25) is 9.59 Å². The molecule has 10 heteroatoms. The zero-order valence-electron chi connectivity index (χ0n) is 10.5. The number of benzene rings is 1. The van der Waals surface area contributed by atoms with Gasteiger partial charge in [0.25, 0.3) is 5.91 Å². The molecule has 0 aromatic heterocycles. The number of carboxylic acid groups (broad SMARTS) is 1. The van der Waals surface area contributed by atoms with Crippen molar-refractivity contribution in [1.82, 2.24) is 5.32 Å². The lowest BCUT2D eigenvalue weighted by atomic mass is 10.2. The van der Waals surface area contributed by atoms with Gasteiger partial charge in [0.05, 0.1) is 10.5 Å². The molecule has 1 aromatic carbocycles. The normalized spacial score (nSPS) is 13.5. The van der Waals surface area contributed by atoms with E-state index in [0.29, 0.717) is 0 Å². The second-order valence-electron chi connectivity index (χ2n) is 3.98. The second-order valence-corrected chi connectivity index (χ2v) is 14.4. The number of alkyl halides is 3. The summed E-state index contributed by atoms with van der Waals surface area (Å²) in [6, 6.07) is 4.36. The molecule has 0 aliphatic heterocycles. The van der Waals surface area contributed by atoms with E-state index in [2.05, 4.69) is 53.1 Å². The summed E-state index contributed by atoms with van der Waals surface area (Å²) in [6.07, 6.45) is 0. The van der Waals surface area contributed by atoms with E-state index in [-0.39, 0.29) is 10.5 Å². The Hall–Kier alpha value is -0.450. The Labute approximate surface area is 146 Å². The molecule has 6 nitrogen and oxygen atoms in total. The molecule has 0 heterocycles. The van der Waals surface area contributed by atoms with Gasteiger partial charge in [-0.25, -0.2) is 8.42 Å². The topological polar surface area (TPSA) is 101 Å². The van der Waals surface area contributed by atoms with Gasteiger partial charge in [0.1, 0.15) is 6.04 Å². The summed E-state index contributed by atoms with van der Waals surface area (Å²) in [5, 5.41) is 11.0. The zero-order valence-corrected chi connectivity index (χ0v) is 16.1. The molecule has 0 aliphatic carbocycles. The monoisotopic (exact) mass is 505 g/mol. The summed E-state index contributed by atoms with van der Waals surface area (Å²) in [5.74, 6) is -2.01. The van der Waals surface area contributed by atoms with Gasteiger partial charge in [0.15, 0.2) is 0 Å². The fraction of sp³-hybridized carbons (Fsp3) is 0.273. The number of carboxylic acids is 1. The molecule has 0 aliphatic rings. The van der Waals surface area contributed by atoms with Gasteiger partial charge >= 0.3 is 5.97 Å². The molecule has 1 amide bonds. The second kappa shape index (κ2) is 6.76. The number of hydrogen-bond acceptors (Lipinski definition) is 4. The predicted octanol–water partition coefficient (Wildman–Crippen LogP) is 2.46. The Kier molecular flexibility index (Phi) is 5.99. The van der Waals surface area contributed by atoms with E-state index >= 15 is 0 Å². The number of carbonyl (C=O) groups is 2. The Morgan fingerprint density at radius 1 is 1.24 bits per heavy atom. The molecular formula is C11H10Br3NO5S. The Morgan fingerprint density at radius 2 is 1.76 bits per heavy atom. The van der Waals surface area contributed by atoms with Crippen molar-refractivity contribution in [3.05, 3.63) is 29.8 Å². The molecule has 21 heavy (non-hydrogen) atoms. The summed E-state index contributed by atoms with van der Waals surface area (Å²) in [7, 11) is -3.97. The van der Waals surface area contributed by atoms with Crippen LogP contribution in [0.4, 0.5) is 0 Å². The number of rotatable bonds is 4. The Bertz CT molecular complexity index is 669. The maximum atomic E-state index is 12.4.